The van der Waals surface area contributed by atoms with Crippen molar-refractivity contribution in [2.45, 2.75) is 38.5 Å². The molecule has 1 atom stereocenters. The minimum Gasteiger partial charge on any atom is -0.397 e. The Morgan fingerprint density at radius 1 is 1.17 bits per heavy atom. The molecule has 0 saturated heterocycles. The van der Waals surface area contributed by atoms with Crippen LogP contribution >= 0.6 is 11.3 Å². The molecule has 4 N–H and O–H groups in total. The molecule has 1 aliphatic carbocycles. The molecule has 1 aromatic carbocycles. The highest BCUT2D eigenvalue weighted by Crippen LogP contribution is 2.39. The zero-order chi connectivity index (χ0) is 16.5. The highest BCUT2D eigenvalue weighted by molar-refractivity contribution is 7.19. The average molecular weight is 340 g/mol. The lowest BCUT2D eigenvalue weighted by atomic mass is 9.94. The molecule has 24 heavy (non-hydrogen) atoms. The molecule has 1 unspecified atom stereocenters. The summed E-state index contributed by atoms with van der Waals surface area (Å²) in [6.07, 6.45) is 3.48. The number of aromatic nitrogens is 2. The summed E-state index contributed by atoms with van der Waals surface area (Å²) in [6.45, 7) is 0.583. The molecule has 3 aromatic rings. The Morgan fingerprint density at radius 3 is 2.79 bits per heavy atom. The predicted molar refractivity (Wildman–Crippen MR) is 96.7 cm³/mol. The van der Waals surface area contributed by atoms with Crippen molar-refractivity contribution >= 4 is 27.2 Å². The molecule has 0 aliphatic heterocycles. The predicted octanol–water partition coefficient (Wildman–Crippen LogP) is 2.93. The van der Waals surface area contributed by atoms with E-state index in [2.05, 4.69) is 15.5 Å². The van der Waals surface area contributed by atoms with Crippen molar-refractivity contribution in [3.8, 4) is 0 Å². The summed E-state index contributed by atoms with van der Waals surface area (Å²) in [5.74, 6) is 0. The molecule has 5 nitrogen and oxygen atoms in total. The van der Waals surface area contributed by atoms with E-state index in [0.29, 0.717) is 12.2 Å². The molecule has 0 radical (unpaired) electrons. The van der Waals surface area contributed by atoms with E-state index in [1.807, 2.05) is 30.3 Å². The monoisotopic (exact) mass is 340 g/mol. The van der Waals surface area contributed by atoms with Gasteiger partial charge in [0.1, 0.15) is 11.1 Å². The van der Waals surface area contributed by atoms with Crippen LogP contribution in [-0.2, 0) is 19.4 Å². The molecule has 6 heteroatoms. The number of nitrogens with two attached hydrogens (primary N) is 1. The summed E-state index contributed by atoms with van der Waals surface area (Å²) < 4.78 is 0. The second kappa shape index (κ2) is 6.47. The standard InChI is InChI=1S/C18H20N4OS/c19-15-14-12-8-4-5-9-13(12)21-22-18(14)24-16(15)17(23)20-10-11-6-2-1-3-7-11/h1-3,6-7,17,20,23H,4-5,8-10,19H2. The summed E-state index contributed by atoms with van der Waals surface area (Å²) >= 11 is 1.43. The van der Waals surface area contributed by atoms with Gasteiger partial charge in [0.25, 0.3) is 0 Å². The van der Waals surface area contributed by atoms with Crippen LogP contribution in [0, 0.1) is 0 Å². The Labute approximate surface area is 144 Å². The van der Waals surface area contributed by atoms with Gasteiger partial charge in [-0.2, -0.15) is 5.10 Å². The van der Waals surface area contributed by atoms with Gasteiger partial charge in [0.2, 0.25) is 0 Å². The summed E-state index contributed by atoms with van der Waals surface area (Å²) in [6, 6.07) is 10.00. The molecule has 0 fully saturated rings. The number of rotatable bonds is 4. The van der Waals surface area contributed by atoms with E-state index in [1.165, 1.54) is 16.9 Å². The number of aliphatic hydroxyl groups is 1. The van der Waals surface area contributed by atoms with E-state index in [-0.39, 0.29) is 0 Å². The van der Waals surface area contributed by atoms with E-state index in [9.17, 15) is 5.11 Å². The molecule has 4 rings (SSSR count). The number of aliphatic hydroxyl groups excluding tert-OH is 1. The van der Waals surface area contributed by atoms with Crippen LogP contribution in [0.4, 0.5) is 5.69 Å². The van der Waals surface area contributed by atoms with E-state index in [1.54, 1.807) is 0 Å². The third-order valence-corrected chi connectivity index (χ3v) is 5.69. The van der Waals surface area contributed by atoms with Crippen LogP contribution in [0.15, 0.2) is 30.3 Å². The van der Waals surface area contributed by atoms with Gasteiger partial charge in [-0.25, -0.2) is 0 Å². The number of aryl methyl sites for hydroxylation is 2. The summed E-state index contributed by atoms with van der Waals surface area (Å²) in [4.78, 5) is 1.55. The first-order chi connectivity index (χ1) is 11.7. The van der Waals surface area contributed by atoms with Gasteiger partial charge < -0.3 is 10.8 Å². The molecule has 0 bridgehead atoms. The van der Waals surface area contributed by atoms with Crippen molar-refractivity contribution in [1.29, 1.82) is 0 Å². The maximum absolute atomic E-state index is 10.5. The Balaban J connectivity index is 1.63. The highest BCUT2D eigenvalue weighted by Gasteiger charge is 2.23. The van der Waals surface area contributed by atoms with E-state index >= 15 is 0 Å². The third-order valence-electron chi connectivity index (χ3n) is 4.55. The third kappa shape index (κ3) is 2.77. The molecular formula is C18H20N4OS. The quantitative estimate of drug-likeness (QED) is 0.636. The number of nitrogens with zero attached hydrogens (tertiary/aromatic N) is 2. The minimum absolute atomic E-state index is 0.583. The normalized spacial score (nSPS) is 15.4. The van der Waals surface area contributed by atoms with Crippen molar-refractivity contribution < 1.29 is 5.11 Å². The smallest absolute Gasteiger partial charge is 0.148 e. The number of nitrogen functional groups attached to an aromatic ring is 1. The number of hydrogen-bond acceptors (Lipinski definition) is 6. The zero-order valence-corrected chi connectivity index (χ0v) is 14.1. The molecule has 124 valence electrons. The molecule has 0 saturated carbocycles. The lowest BCUT2D eigenvalue weighted by Gasteiger charge is -2.15. The van der Waals surface area contributed by atoms with Gasteiger partial charge in [0, 0.05) is 11.9 Å². The van der Waals surface area contributed by atoms with E-state index in [4.69, 9.17) is 5.73 Å². The number of anilines is 1. The van der Waals surface area contributed by atoms with Crippen molar-refractivity contribution in [3.63, 3.8) is 0 Å². The van der Waals surface area contributed by atoms with Crippen LogP contribution < -0.4 is 11.1 Å². The minimum atomic E-state index is -0.802. The van der Waals surface area contributed by atoms with Crippen LogP contribution in [0.1, 0.15) is 40.8 Å². The van der Waals surface area contributed by atoms with Crippen molar-refractivity contribution in [2.24, 2.45) is 0 Å². The van der Waals surface area contributed by atoms with Crippen LogP contribution in [0.5, 0.6) is 0 Å². The first-order valence-electron chi connectivity index (χ1n) is 8.25. The number of benzene rings is 1. The Kier molecular flexibility index (Phi) is 4.18. The molecule has 1 aliphatic rings. The molecular weight excluding hydrogens is 320 g/mol. The number of nitrogens with one attached hydrogen (secondary N) is 1. The number of hydrogen-bond donors (Lipinski definition) is 3. The van der Waals surface area contributed by atoms with Crippen LogP contribution in [0.2, 0.25) is 0 Å². The second-order valence-corrected chi connectivity index (χ2v) is 7.19. The van der Waals surface area contributed by atoms with Gasteiger partial charge in [-0.1, -0.05) is 30.3 Å². The first-order valence-corrected chi connectivity index (χ1v) is 9.07. The molecule has 0 spiro atoms. The van der Waals surface area contributed by atoms with Crippen LogP contribution in [-0.4, -0.2) is 15.3 Å². The Bertz CT molecular complexity index is 862. The number of fused-ring (bicyclic) bond motifs is 3. The van der Waals surface area contributed by atoms with Crippen molar-refractivity contribution in [2.75, 3.05) is 5.73 Å². The fraction of sp³-hybridized carbons (Fsp3) is 0.333. The lowest BCUT2D eigenvalue weighted by Crippen LogP contribution is -2.20. The summed E-state index contributed by atoms with van der Waals surface area (Å²) in [5, 5.41) is 23.4. The fourth-order valence-electron chi connectivity index (χ4n) is 3.29. The topological polar surface area (TPSA) is 84.1 Å². The summed E-state index contributed by atoms with van der Waals surface area (Å²) in [5.41, 5.74) is 10.4. The highest BCUT2D eigenvalue weighted by atomic mass is 32.1. The molecule has 2 aromatic heterocycles. The maximum atomic E-state index is 10.5. The van der Waals surface area contributed by atoms with Crippen LogP contribution in [0.25, 0.3) is 10.2 Å². The number of thiophene rings is 1. The van der Waals surface area contributed by atoms with Gasteiger partial charge in [0.15, 0.2) is 0 Å². The lowest BCUT2D eigenvalue weighted by molar-refractivity contribution is 0.141. The van der Waals surface area contributed by atoms with Crippen molar-refractivity contribution in [1.82, 2.24) is 15.5 Å². The van der Waals surface area contributed by atoms with E-state index < -0.39 is 6.23 Å². The second-order valence-electron chi connectivity index (χ2n) is 6.16. The Hall–Kier alpha value is -2.02. The molecule has 0 amide bonds. The fourth-order valence-corrected chi connectivity index (χ4v) is 4.32. The van der Waals surface area contributed by atoms with Gasteiger partial charge in [0.05, 0.1) is 16.3 Å². The zero-order valence-electron chi connectivity index (χ0n) is 13.3. The average Bonchev–Trinajstić information content (AvgIpc) is 2.98. The first kappa shape index (κ1) is 15.5. The van der Waals surface area contributed by atoms with Gasteiger partial charge in [-0.05, 0) is 36.8 Å². The largest absolute Gasteiger partial charge is 0.397 e. The van der Waals surface area contributed by atoms with Crippen molar-refractivity contribution in [3.05, 3.63) is 52.0 Å². The SMILES string of the molecule is Nc1c(C(O)NCc2ccccc2)sc2nnc3c(c12)CCCC3. The van der Waals surface area contributed by atoms with Gasteiger partial charge in [-0.3, -0.25) is 5.32 Å². The van der Waals surface area contributed by atoms with Crippen LogP contribution in [0.3, 0.4) is 0 Å². The van der Waals surface area contributed by atoms with Gasteiger partial charge in [-0.15, -0.1) is 16.4 Å². The summed E-state index contributed by atoms with van der Waals surface area (Å²) in [7, 11) is 0. The Morgan fingerprint density at radius 2 is 1.96 bits per heavy atom. The molecule has 2 heterocycles. The van der Waals surface area contributed by atoms with E-state index in [0.717, 1.165) is 52.0 Å². The maximum Gasteiger partial charge on any atom is 0.148 e. The van der Waals surface area contributed by atoms with Gasteiger partial charge >= 0.3 is 0 Å².